The number of nitrogens with zero attached hydrogens (tertiary/aromatic N) is 5. The Kier molecular flexibility index (Phi) is 4.82. The molecule has 0 spiro atoms. The third-order valence-corrected chi connectivity index (χ3v) is 5.61. The van der Waals surface area contributed by atoms with Crippen molar-refractivity contribution in [2.24, 2.45) is 0 Å². The van der Waals surface area contributed by atoms with Gasteiger partial charge in [-0.2, -0.15) is 0 Å². The quantitative estimate of drug-likeness (QED) is 0.454. The zero-order valence-corrected chi connectivity index (χ0v) is 17.9. The number of aryl methyl sites for hydroxylation is 1. The molecule has 0 fully saturated rings. The van der Waals surface area contributed by atoms with E-state index in [0.717, 1.165) is 29.6 Å². The molecule has 2 aromatic carbocycles. The maximum atomic E-state index is 13.6. The van der Waals surface area contributed by atoms with Crippen molar-refractivity contribution in [3.05, 3.63) is 65.0 Å². The van der Waals surface area contributed by atoms with Gasteiger partial charge in [-0.25, -0.2) is 15.0 Å². The first-order valence-electron chi connectivity index (χ1n) is 10.0. The zero-order chi connectivity index (χ0) is 21.5. The van der Waals surface area contributed by atoms with Crippen molar-refractivity contribution in [3.63, 3.8) is 0 Å². The Hall–Kier alpha value is -3.45. The van der Waals surface area contributed by atoms with Crippen LogP contribution in [0.3, 0.4) is 0 Å². The van der Waals surface area contributed by atoms with Crippen LogP contribution in [0.2, 0.25) is 5.02 Å². The molecule has 7 nitrogen and oxygen atoms in total. The number of oxazole rings is 1. The Morgan fingerprint density at radius 2 is 1.65 bits per heavy atom. The van der Waals surface area contributed by atoms with Gasteiger partial charge >= 0.3 is 0 Å². The minimum Gasteiger partial charge on any atom is -0.441 e. The van der Waals surface area contributed by atoms with Crippen LogP contribution in [0.15, 0.2) is 52.9 Å². The molecule has 4 aromatic rings. The van der Waals surface area contributed by atoms with Crippen molar-refractivity contribution < 1.29 is 9.21 Å². The predicted octanol–water partition coefficient (Wildman–Crippen LogP) is 4.73. The second-order valence-electron chi connectivity index (χ2n) is 7.52. The number of hydrogen-bond acceptors (Lipinski definition) is 6. The predicted molar refractivity (Wildman–Crippen MR) is 121 cm³/mol. The first-order chi connectivity index (χ1) is 15.0. The number of carbonyl (C=O) groups excluding carboxylic acids is 1. The van der Waals surface area contributed by atoms with Gasteiger partial charge in [0.15, 0.2) is 17.3 Å². The van der Waals surface area contributed by atoms with E-state index < -0.39 is 0 Å². The number of hydrogen-bond donors (Lipinski definition) is 0. The lowest BCUT2D eigenvalue weighted by atomic mass is 10.2. The SMILES string of the molecule is Cc1oc(-c2ccc(Cl)cc2)nc1C(=O)N1CCCN(C)c2nc3ccccc3nc21. The van der Waals surface area contributed by atoms with Crippen LogP contribution >= 0.6 is 11.6 Å². The van der Waals surface area contributed by atoms with Crippen molar-refractivity contribution in [2.75, 3.05) is 29.9 Å². The van der Waals surface area contributed by atoms with Crippen LogP contribution in [0.5, 0.6) is 0 Å². The van der Waals surface area contributed by atoms with Gasteiger partial charge in [0.25, 0.3) is 5.91 Å². The molecule has 1 aliphatic rings. The number of aromatic nitrogens is 3. The second-order valence-corrected chi connectivity index (χ2v) is 7.96. The van der Waals surface area contributed by atoms with Crippen molar-refractivity contribution in [1.29, 1.82) is 0 Å². The summed E-state index contributed by atoms with van der Waals surface area (Å²) in [6, 6.07) is 14.8. The van der Waals surface area contributed by atoms with Gasteiger partial charge in [0.1, 0.15) is 5.76 Å². The van der Waals surface area contributed by atoms with Crippen LogP contribution in [0.25, 0.3) is 22.5 Å². The van der Waals surface area contributed by atoms with Crippen LogP contribution in [0, 0.1) is 6.92 Å². The zero-order valence-electron chi connectivity index (χ0n) is 17.2. The standard InChI is InChI=1S/C23H20ClN5O2/c1-14-19(27-22(31-14)15-8-10-16(24)11-9-15)23(30)29-13-5-12-28(2)20-21(29)26-18-7-4-3-6-17(18)25-20/h3-4,6-11H,5,12-13H2,1-2H3. The largest absolute Gasteiger partial charge is 0.441 e. The lowest BCUT2D eigenvalue weighted by Gasteiger charge is -2.22. The van der Waals surface area contributed by atoms with Crippen LogP contribution in [-0.4, -0.2) is 41.0 Å². The fraction of sp³-hybridized carbons (Fsp3) is 0.217. The summed E-state index contributed by atoms with van der Waals surface area (Å²) in [5, 5.41) is 0.624. The summed E-state index contributed by atoms with van der Waals surface area (Å²) in [4.78, 5) is 31.3. The molecule has 1 aliphatic heterocycles. The van der Waals surface area contributed by atoms with E-state index in [9.17, 15) is 4.79 Å². The van der Waals surface area contributed by atoms with Gasteiger partial charge in [0.05, 0.1) is 11.0 Å². The van der Waals surface area contributed by atoms with Crippen LogP contribution < -0.4 is 9.80 Å². The average molecular weight is 434 g/mol. The smallest absolute Gasteiger partial charge is 0.281 e. The highest BCUT2D eigenvalue weighted by Gasteiger charge is 2.30. The molecule has 0 radical (unpaired) electrons. The lowest BCUT2D eigenvalue weighted by molar-refractivity contribution is 0.0981. The molecule has 0 aliphatic carbocycles. The fourth-order valence-electron chi connectivity index (χ4n) is 3.73. The Balaban J connectivity index is 1.57. The van der Waals surface area contributed by atoms with Gasteiger partial charge in [-0.05, 0) is 49.7 Å². The monoisotopic (exact) mass is 433 g/mol. The Labute approximate surface area is 184 Å². The number of amides is 1. The molecule has 2 aromatic heterocycles. The number of carbonyl (C=O) groups is 1. The summed E-state index contributed by atoms with van der Waals surface area (Å²) in [5.41, 5.74) is 2.57. The summed E-state index contributed by atoms with van der Waals surface area (Å²) in [7, 11) is 1.97. The minimum absolute atomic E-state index is 0.248. The first kappa shape index (κ1) is 19.5. The van der Waals surface area contributed by atoms with Gasteiger partial charge in [-0.15, -0.1) is 0 Å². The summed E-state index contributed by atoms with van der Waals surface area (Å²) in [6.07, 6.45) is 0.789. The summed E-state index contributed by atoms with van der Waals surface area (Å²) in [5.74, 6) is 1.82. The Morgan fingerprint density at radius 1 is 0.968 bits per heavy atom. The highest BCUT2D eigenvalue weighted by Crippen LogP contribution is 2.32. The van der Waals surface area contributed by atoms with Crippen LogP contribution in [0.1, 0.15) is 22.7 Å². The maximum absolute atomic E-state index is 13.6. The molecule has 3 heterocycles. The highest BCUT2D eigenvalue weighted by molar-refractivity contribution is 6.30. The molecule has 156 valence electrons. The van der Waals surface area contributed by atoms with Crippen molar-refractivity contribution in [3.8, 4) is 11.5 Å². The highest BCUT2D eigenvalue weighted by atomic mass is 35.5. The number of anilines is 2. The molecule has 5 rings (SSSR count). The fourth-order valence-corrected chi connectivity index (χ4v) is 3.86. The Bertz CT molecular complexity index is 1290. The summed E-state index contributed by atoms with van der Waals surface area (Å²) >= 11 is 5.98. The lowest BCUT2D eigenvalue weighted by Crippen LogP contribution is -2.33. The minimum atomic E-state index is -0.248. The molecule has 0 saturated carbocycles. The molecule has 0 unspecified atom stereocenters. The number of fused-ring (bicyclic) bond motifs is 2. The number of rotatable bonds is 2. The van der Waals surface area contributed by atoms with Gasteiger partial charge < -0.3 is 9.32 Å². The van der Waals surface area contributed by atoms with E-state index in [4.69, 9.17) is 26.0 Å². The topological polar surface area (TPSA) is 75.4 Å². The third-order valence-electron chi connectivity index (χ3n) is 5.36. The van der Waals surface area contributed by atoms with E-state index in [2.05, 4.69) is 4.98 Å². The number of halogens is 1. The number of para-hydroxylation sites is 2. The van der Waals surface area contributed by atoms with Gasteiger partial charge in [0.2, 0.25) is 5.89 Å². The van der Waals surface area contributed by atoms with Crippen molar-refractivity contribution in [2.45, 2.75) is 13.3 Å². The molecule has 0 N–H and O–H groups in total. The molecule has 8 heteroatoms. The third kappa shape index (κ3) is 3.51. The molecular formula is C23H20ClN5O2. The van der Waals surface area contributed by atoms with E-state index in [1.165, 1.54) is 0 Å². The van der Waals surface area contributed by atoms with E-state index in [0.29, 0.717) is 34.9 Å². The van der Waals surface area contributed by atoms with E-state index in [1.54, 1.807) is 24.0 Å². The molecule has 0 atom stereocenters. The molecular weight excluding hydrogens is 414 g/mol. The summed E-state index contributed by atoms with van der Waals surface area (Å²) < 4.78 is 5.81. The van der Waals surface area contributed by atoms with Crippen molar-refractivity contribution in [1.82, 2.24) is 15.0 Å². The molecule has 0 saturated heterocycles. The van der Waals surface area contributed by atoms with E-state index in [-0.39, 0.29) is 11.6 Å². The number of benzene rings is 2. The summed E-state index contributed by atoms with van der Waals surface area (Å²) in [6.45, 7) is 3.04. The van der Waals surface area contributed by atoms with E-state index >= 15 is 0 Å². The van der Waals surface area contributed by atoms with Crippen LogP contribution in [0.4, 0.5) is 11.6 Å². The van der Waals surface area contributed by atoms with Crippen molar-refractivity contribution >= 4 is 40.2 Å². The van der Waals surface area contributed by atoms with Gasteiger partial charge in [0, 0.05) is 30.7 Å². The van der Waals surface area contributed by atoms with Gasteiger partial charge in [-0.1, -0.05) is 23.7 Å². The van der Waals surface area contributed by atoms with Crippen LogP contribution in [-0.2, 0) is 0 Å². The maximum Gasteiger partial charge on any atom is 0.281 e. The average Bonchev–Trinajstić information content (AvgIpc) is 3.09. The molecule has 31 heavy (non-hydrogen) atoms. The first-order valence-corrected chi connectivity index (χ1v) is 10.4. The normalized spacial score (nSPS) is 13.9. The van der Waals surface area contributed by atoms with E-state index in [1.807, 2.05) is 48.3 Å². The molecule has 0 bridgehead atoms. The van der Waals surface area contributed by atoms with Gasteiger partial charge in [-0.3, -0.25) is 9.69 Å². The second kappa shape index (κ2) is 7.67. The Morgan fingerprint density at radius 3 is 2.35 bits per heavy atom. The molecule has 1 amide bonds.